The maximum Gasteiger partial charge on any atom is 0.228 e. The monoisotopic (exact) mass is 284 g/mol. The summed E-state index contributed by atoms with van der Waals surface area (Å²) in [5.41, 5.74) is 2.87. The Labute approximate surface area is 120 Å². The third-order valence-electron chi connectivity index (χ3n) is 3.16. The van der Waals surface area contributed by atoms with Crippen LogP contribution < -0.4 is 5.32 Å². The van der Waals surface area contributed by atoms with E-state index in [9.17, 15) is 9.18 Å². The number of pyridine rings is 1. The van der Waals surface area contributed by atoms with Crippen LogP contribution in [-0.2, 0) is 11.2 Å². The van der Waals surface area contributed by atoms with Crippen molar-refractivity contribution in [2.45, 2.75) is 13.3 Å². The highest BCUT2D eigenvalue weighted by atomic mass is 19.1. The zero-order chi connectivity index (χ0) is 14.8. The predicted molar refractivity (Wildman–Crippen MR) is 77.4 cm³/mol. The van der Waals surface area contributed by atoms with E-state index in [1.165, 1.54) is 12.1 Å². The summed E-state index contributed by atoms with van der Waals surface area (Å²) in [5.74, 6) is -0.492. The van der Waals surface area contributed by atoms with Gasteiger partial charge >= 0.3 is 0 Å². The van der Waals surface area contributed by atoms with E-state index in [-0.39, 0.29) is 18.1 Å². The van der Waals surface area contributed by atoms with E-state index in [0.29, 0.717) is 11.3 Å². The number of aryl methyl sites for hydroxylation is 1. The number of aromatic nitrogens is 3. The van der Waals surface area contributed by atoms with Gasteiger partial charge in [0.25, 0.3) is 0 Å². The number of nitrogens with one attached hydrogen (secondary N) is 2. The zero-order valence-corrected chi connectivity index (χ0v) is 11.4. The summed E-state index contributed by atoms with van der Waals surface area (Å²) in [6, 6.07) is 7.69. The first-order chi connectivity index (χ1) is 10.1. The van der Waals surface area contributed by atoms with Crippen LogP contribution in [-0.4, -0.2) is 21.1 Å². The average molecular weight is 284 g/mol. The Morgan fingerprint density at radius 1 is 1.33 bits per heavy atom. The van der Waals surface area contributed by atoms with Crippen LogP contribution in [0.5, 0.6) is 0 Å². The van der Waals surface area contributed by atoms with E-state index >= 15 is 0 Å². The first-order valence-electron chi connectivity index (χ1n) is 6.47. The fourth-order valence-corrected chi connectivity index (χ4v) is 2.08. The van der Waals surface area contributed by atoms with Gasteiger partial charge in [-0.3, -0.25) is 9.89 Å². The first kappa shape index (κ1) is 13.2. The molecule has 1 aromatic carbocycles. The number of amides is 1. The number of anilines is 1. The Kier molecular flexibility index (Phi) is 3.35. The lowest BCUT2D eigenvalue weighted by Gasteiger charge is -2.05. The number of carbonyl (C=O) groups excluding carboxylic acids is 1. The molecule has 2 aromatic heterocycles. The summed E-state index contributed by atoms with van der Waals surface area (Å²) in [5, 5.41) is 10.5. The molecule has 0 saturated carbocycles. The molecular weight excluding hydrogens is 271 g/mol. The molecule has 0 unspecified atom stereocenters. The van der Waals surface area contributed by atoms with Crippen LogP contribution in [0.25, 0.3) is 11.0 Å². The number of aromatic amines is 1. The number of fused-ring (bicyclic) bond motifs is 1. The van der Waals surface area contributed by atoms with E-state index in [1.54, 1.807) is 18.3 Å². The fourth-order valence-electron chi connectivity index (χ4n) is 2.08. The van der Waals surface area contributed by atoms with Crippen LogP contribution in [0, 0.1) is 12.7 Å². The smallest absolute Gasteiger partial charge is 0.228 e. The molecule has 0 atom stereocenters. The van der Waals surface area contributed by atoms with E-state index in [0.717, 1.165) is 16.6 Å². The Morgan fingerprint density at radius 3 is 2.86 bits per heavy atom. The van der Waals surface area contributed by atoms with Crippen LogP contribution in [0.1, 0.15) is 11.3 Å². The van der Waals surface area contributed by atoms with Gasteiger partial charge < -0.3 is 5.32 Å². The van der Waals surface area contributed by atoms with Crippen molar-refractivity contribution in [1.82, 2.24) is 15.2 Å². The van der Waals surface area contributed by atoms with Crippen molar-refractivity contribution >= 4 is 22.6 Å². The molecule has 0 spiro atoms. The molecule has 3 aromatic rings. The minimum absolute atomic E-state index is 0.177. The Hall–Kier alpha value is -2.76. The second kappa shape index (κ2) is 5.32. The SMILES string of the molecule is Cc1[nH]nc2ncc(NC(=O)Cc3ccc(F)cc3)cc12. The predicted octanol–water partition coefficient (Wildman–Crippen LogP) is 2.59. The molecule has 106 valence electrons. The Balaban J connectivity index is 1.73. The van der Waals surface area contributed by atoms with Crippen LogP contribution in [0.15, 0.2) is 36.5 Å². The summed E-state index contributed by atoms with van der Waals surface area (Å²) in [6.07, 6.45) is 1.74. The molecule has 2 N–H and O–H groups in total. The molecule has 0 radical (unpaired) electrons. The largest absolute Gasteiger partial charge is 0.324 e. The van der Waals surface area contributed by atoms with Crippen LogP contribution in [0.4, 0.5) is 10.1 Å². The van der Waals surface area contributed by atoms with E-state index in [1.807, 2.05) is 13.0 Å². The topological polar surface area (TPSA) is 70.7 Å². The van der Waals surface area contributed by atoms with Crippen LogP contribution >= 0.6 is 0 Å². The fraction of sp³-hybridized carbons (Fsp3) is 0.133. The summed E-state index contributed by atoms with van der Waals surface area (Å²) >= 11 is 0. The van der Waals surface area contributed by atoms with Crippen molar-refractivity contribution in [1.29, 1.82) is 0 Å². The van der Waals surface area contributed by atoms with Gasteiger partial charge in [-0.05, 0) is 30.7 Å². The maximum absolute atomic E-state index is 12.8. The summed E-state index contributed by atoms with van der Waals surface area (Å²) in [4.78, 5) is 16.1. The molecule has 5 nitrogen and oxygen atoms in total. The molecule has 6 heteroatoms. The first-order valence-corrected chi connectivity index (χ1v) is 6.47. The second-order valence-corrected chi connectivity index (χ2v) is 4.80. The zero-order valence-electron chi connectivity index (χ0n) is 11.4. The number of rotatable bonds is 3. The molecule has 0 aliphatic rings. The van der Waals surface area contributed by atoms with Gasteiger partial charge in [-0.25, -0.2) is 9.37 Å². The molecule has 0 bridgehead atoms. The van der Waals surface area contributed by atoms with Gasteiger partial charge in [0.15, 0.2) is 5.65 Å². The van der Waals surface area contributed by atoms with Crippen molar-refractivity contribution in [3.8, 4) is 0 Å². The molecule has 0 aliphatic carbocycles. The molecule has 0 fully saturated rings. The molecule has 3 rings (SSSR count). The third kappa shape index (κ3) is 2.89. The van der Waals surface area contributed by atoms with Crippen molar-refractivity contribution in [3.63, 3.8) is 0 Å². The Morgan fingerprint density at radius 2 is 2.10 bits per heavy atom. The lowest BCUT2D eigenvalue weighted by Crippen LogP contribution is -2.14. The van der Waals surface area contributed by atoms with Gasteiger partial charge in [0.2, 0.25) is 5.91 Å². The maximum atomic E-state index is 12.8. The van der Waals surface area contributed by atoms with Gasteiger partial charge in [0.05, 0.1) is 18.3 Å². The third-order valence-corrected chi connectivity index (χ3v) is 3.16. The van der Waals surface area contributed by atoms with E-state index < -0.39 is 0 Å². The number of hydrogen-bond donors (Lipinski definition) is 2. The number of benzene rings is 1. The van der Waals surface area contributed by atoms with Crippen molar-refractivity contribution in [2.24, 2.45) is 0 Å². The molecule has 0 saturated heterocycles. The molecule has 0 aliphatic heterocycles. The van der Waals surface area contributed by atoms with Gasteiger partial charge in [-0.15, -0.1) is 0 Å². The number of carbonyl (C=O) groups is 1. The van der Waals surface area contributed by atoms with Gasteiger partial charge in [0.1, 0.15) is 5.82 Å². The van der Waals surface area contributed by atoms with Gasteiger partial charge in [-0.2, -0.15) is 5.10 Å². The van der Waals surface area contributed by atoms with Gasteiger partial charge in [-0.1, -0.05) is 12.1 Å². The minimum atomic E-state index is -0.316. The van der Waals surface area contributed by atoms with Crippen LogP contribution in [0.2, 0.25) is 0 Å². The normalized spacial score (nSPS) is 10.8. The molecule has 21 heavy (non-hydrogen) atoms. The minimum Gasteiger partial charge on any atom is -0.324 e. The van der Waals surface area contributed by atoms with Gasteiger partial charge in [0, 0.05) is 11.1 Å². The lowest BCUT2D eigenvalue weighted by atomic mass is 10.1. The number of nitrogens with zero attached hydrogens (tertiary/aromatic N) is 2. The van der Waals surface area contributed by atoms with E-state index in [2.05, 4.69) is 20.5 Å². The quantitative estimate of drug-likeness (QED) is 0.776. The van der Waals surface area contributed by atoms with Crippen molar-refractivity contribution < 1.29 is 9.18 Å². The summed E-state index contributed by atoms with van der Waals surface area (Å²) in [6.45, 7) is 1.89. The van der Waals surface area contributed by atoms with Crippen molar-refractivity contribution in [3.05, 3.63) is 53.6 Å². The molecule has 2 heterocycles. The molecular formula is C15H13FN4O. The van der Waals surface area contributed by atoms with Crippen molar-refractivity contribution in [2.75, 3.05) is 5.32 Å². The van der Waals surface area contributed by atoms with E-state index in [4.69, 9.17) is 0 Å². The number of hydrogen-bond acceptors (Lipinski definition) is 3. The number of H-pyrrole nitrogens is 1. The average Bonchev–Trinajstić information content (AvgIpc) is 2.83. The number of halogens is 1. The lowest BCUT2D eigenvalue weighted by molar-refractivity contribution is -0.115. The summed E-state index contributed by atoms with van der Waals surface area (Å²) < 4.78 is 12.8. The highest BCUT2D eigenvalue weighted by molar-refractivity contribution is 5.94. The second-order valence-electron chi connectivity index (χ2n) is 4.80. The van der Waals surface area contributed by atoms with Crippen LogP contribution in [0.3, 0.4) is 0 Å². The summed E-state index contributed by atoms with van der Waals surface area (Å²) in [7, 11) is 0. The molecule has 1 amide bonds. The highest BCUT2D eigenvalue weighted by Gasteiger charge is 2.08. The Bertz CT molecular complexity index is 795. The standard InChI is InChI=1S/C15H13FN4O/c1-9-13-7-12(8-17-15(13)20-19-9)18-14(21)6-10-2-4-11(16)5-3-10/h2-5,7-8H,6H2,1H3,(H,18,21)(H,17,19,20). The highest BCUT2D eigenvalue weighted by Crippen LogP contribution is 2.17.